The minimum atomic E-state index is -0.619. The Bertz CT molecular complexity index is 642. The van der Waals surface area contributed by atoms with Crippen molar-refractivity contribution in [2.45, 2.75) is 25.5 Å². The average molecular weight is 328 g/mol. The van der Waals surface area contributed by atoms with E-state index < -0.39 is 6.10 Å². The summed E-state index contributed by atoms with van der Waals surface area (Å²) in [4.78, 5) is 11.1. The second kappa shape index (κ2) is 8.08. The molecule has 1 aromatic carbocycles. The van der Waals surface area contributed by atoms with Gasteiger partial charge in [0.2, 0.25) is 5.95 Å². The van der Waals surface area contributed by atoms with Crippen LogP contribution in [0.2, 0.25) is 0 Å². The molecule has 0 amide bonds. The minimum absolute atomic E-state index is 0.439. The smallest absolute Gasteiger partial charge is 0.225 e. The van der Waals surface area contributed by atoms with Gasteiger partial charge in [-0.1, -0.05) is 18.2 Å². The zero-order chi connectivity index (χ0) is 16.8. The first-order valence-corrected chi connectivity index (χ1v) is 8.35. The van der Waals surface area contributed by atoms with E-state index in [0.717, 1.165) is 30.2 Å². The molecule has 0 radical (unpaired) electrons. The highest BCUT2D eigenvalue weighted by Gasteiger charge is 2.15. The summed E-state index contributed by atoms with van der Waals surface area (Å²) in [6.45, 7) is 3.14. The van der Waals surface area contributed by atoms with Crippen molar-refractivity contribution in [2.75, 3.05) is 31.6 Å². The van der Waals surface area contributed by atoms with E-state index in [1.54, 1.807) is 7.11 Å². The van der Waals surface area contributed by atoms with Crippen LogP contribution in [0.1, 0.15) is 30.1 Å². The fourth-order valence-electron chi connectivity index (χ4n) is 2.92. The number of ether oxygens (including phenoxy) is 1. The summed E-state index contributed by atoms with van der Waals surface area (Å²) in [7, 11) is 1.61. The van der Waals surface area contributed by atoms with Gasteiger partial charge < -0.3 is 20.1 Å². The summed E-state index contributed by atoms with van der Waals surface area (Å²) in [5, 5.41) is 13.6. The molecule has 0 saturated carbocycles. The molecule has 24 heavy (non-hydrogen) atoms. The molecular formula is C18H24N4O2. The van der Waals surface area contributed by atoms with Crippen LogP contribution in [-0.4, -0.2) is 41.8 Å². The van der Waals surface area contributed by atoms with Crippen molar-refractivity contribution in [3.05, 3.63) is 47.8 Å². The lowest BCUT2D eigenvalue weighted by molar-refractivity contribution is 0.170. The highest BCUT2D eigenvalue weighted by Crippen LogP contribution is 2.24. The average Bonchev–Trinajstić information content (AvgIpc) is 3.17. The molecule has 1 saturated heterocycles. The van der Waals surface area contributed by atoms with E-state index in [1.165, 1.54) is 12.8 Å². The first kappa shape index (κ1) is 16.7. The second-order valence-corrected chi connectivity index (χ2v) is 5.97. The Morgan fingerprint density at radius 3 is 2.62 bits per heavy atom. The van der Waals surface area contributed by atoms with Crippen LogP contribution in [0.15, 0.2) is 36.7 Å². The van der Waals surface area contributed by atoms with Crippen molar-refractivity contribution in [3.63, 3.8) is 0 Å². The fraction of sp³-hybridized carbons (Fsp3) is 0.444. The number of hydrogen-bond acceptors (Lipinski definition) is 6. The van der Waals surface area contributed by atoms with Gasteiger partial charge in [0.1, 0.15) is 5.75 Å². The van der Waals surface area contributed by atoms with Crippen LogP contribution in [-0.2, 0) is 6.54 Å². The van der Waals surface area contributed by atoms with Gasteiger partial charge in [-0.15, -0.1) is 0 Å². The number of rotatable bonds is 7. The first-order chi connectivity index (χ1) is 11.8. The topological polar surface area (TPSA) is 70.5 Å². The molecule has 6 heteroatoms. The Hall–Kier alpha value is -2.18. The number of nitrogens with one attached hydrogen (secondary N) is 1. The van der Waals surface area contributed by atoms with E-state index in [1.807, 2.05) is 36.7 Å². The van der Waals surface area contributed by atoms with Crippen LogP contribution >= 0.6 is 0 Å². The van der Waals surface area contributed by atoms with Gasteiger partial charge in [0.25, 0.3) is 0 Å². The molecule has 2 heterocycles. The highest BCUT2D eigenvalue weighted by molar-refractivity contribution is 5.35. The van der Waals surface area contributed by atoms with Gasteiger partial charge in [-0.3, -0.25) is 0 Å². The van der Waals surface area contributed by atoms with Crippen molar-refractivity contribution in [2.24, 2.45) is 0 Å². The minimum Gasteiger partial charge on any atom is -0.496 e. The van der Waals surface area contributed by atoms with Gasteiger partial charge in [0.05, 0.1) is 13.2 Å². The van der Waals surface area contributed by atoms with Crippen molar-refractivity contribution >= 4 is 5.95 Å². The third-order valence-electron chi connectivity index (χ3n) is 4.25. The van der Waals surface area contributed by atoms with E-state index in [9.17, 15) is 5.11 Å². The molecule has 1 atom stereocenters. The van der Waals surface area contributed by atoms with Crippen LogP contribution in [0.3, 0.4) is 0 Å². The number of para-hydroxylation sites is 1. The van der Waals surface area contributed by atoms with E-state index in [4.69, 9.17) is 4.74 Å². The quantitative estimate of drug-likeness (QED) is 0.809. The summed E-state index contributed by atoms with van der Waals surface area (Å²) < 4.78 is 5.28. The number of nitrogens with zero attached hydrogens (tertiary/aromatic N) is 3. The summed E-state index contributed by atoms with van der Waals surface area (Å²) in [6, 6.07) is 7.51. The molecule has 0 aliphatic carbocycles. The largest absolute Gasteiger partial charge is 0.496 e. The molecule has 128 valence electrons. The number of aliphatic hydroxyl groups is 1. The predicted octanol–water partition coefficient (Wildman–Crippen LogP) is 1.91. The van der Waals surface area contributed by atoms with E-state index >= 15 is 0 Å². The molecule has 1 fully saturated rings. The number of benzene rings is 1. The number of aliphatic hydroxyl groups excluding tert-OH is 1. The second-order valence-electron chi connectivity index (χ2n) is 5.97. The van der Waals surface area contributed by atoms with E-state index in [0.29, 0.717) is 18.8 Å². The van der Waals surface area contributed by atoms with Gasteiger partial charge in [-0.2, -0.15) is 0 Å². The zero-order valence-corrected chi connectivity index (χ0v) is 14.0. The number of anilines is 1. The molecule has 3 rings (SSSR count). The molecule has 2 aromatic rings. The van der Waals surface area contributed by atoms with Gasteiger partial charge in [0, 0.05) is 49.7 Å². The standard InChI is InChI=1S/C18H24N4O2/c1-24-17-7-3-2-6-15(17)16(23)13-19-10-14-11-20-18(21-12-14)22-8-4-5-9-22/h2-3,6-7,11-12,16,19,23H,4-5,8-10,13H2,1H3/t16-/m1/s1. The van der Waals surface area contributed by atoms with E-state index in [2.05, 4.69) is 20.2 Å². The maximum absolute atomic E-state index is 10.3. The van der Waals surface area contributed by atoms with Crippen LogP contribution in [0, 0.1) is 0 Å². The van der Waals surface area contributed by atoms with Crippen LogP contribution in [0.5, 0.6) is 5.75 Å². The number of aromatic nitrogens is 2. The maximum Gasteiger partial charge on any atom is 0.225 e. The monoisotopic (exact) mass is 328 g/mol. The molecule has 0 unspecified atom stereocenters. The lowest BCUT2D eigenvalue weighted by atomic mass is 10.1. The fourth-order valence-corrected chi connectivity index (χ4v) is 2.92. The van der Waals surface area contributed by atoms with Gasteiger partial charge in [-0.05, 0) is 18.9 Å². The van der Waals surface area contributed by atoms with Gasteiger partial charge >= 0.3 is 0 Å². The number of methoxy groups -OCH3 is 1. The van der Waals surface area contributed by atoms with E-state index in [-0.39, 0.29) is 0 Å². The first-order valence-electron chi connectivity index (χ1n) is 8.35. The Kier molecular flexibility index (Phi) is 5.61. The Morgan fingerprint density at radius 1 is 1.21 bits per heavy atom. The molecule has 6 nitrogen and oxygen atoms in total. The highest BCUT2D eigenvalue weighted by atomic mass is 16.5. The SMILES string of the molecule is COc1ccccc1[C@H](O)CNCc1cnc(N2CCCC2)nc1. The maximum atomic E-state index is 10.3. The van der Waals surface area contributed by atoms with Gasteiger partial charge in [0.15, 0.2) is 0 Å². The van der Waals surface area contributed by atoms with Crippen molar-refractivity contribution < 1.29 is 9.84 Å². The summed E-state index contributed by atoms with van der Waals surface area (Å²) in [6.07, 6.45) is 5.51. The normalized spacial score (nSPS) is 15.5. The van der Waals surface area contributed by atoms with Crippen molar-refractivity contribution in [3.8, 4) is 5.75 Å². The third kappa shape index (κ3) is 4.01. The molecular weight excluding hydrogens is 304 g/mol. The van der Waals surface area contributed by atoms with Crippen LogP contribution < -0.4 is 15.0 Å². The lowest BCUT2D eigenvalue weighted by Crippen LogP contribution is -2.23. The molecule has 1 aliphatic heterocycles. The molecule has 1 aliphatic rings. The van der Waals surface area contributed by atoms with Crippen molar-refractivity contribution in [1.82, 2.24) is 15.3 Å². The molecule has 0 spiro atoms. The molecule has 1 aromatic heterocycles. The van der Waals surface area contributed by atoms with Crippen molar-refractivity contribution in [1.29, 1.82) is 0 Å². The third-order valence-corrected chi connectivity index (χ3v) is 4.25. The van der Waals surface area contributed by atoms with Crippen LogP contribution in [0.25, 0.3) is 0 Å². The Morgan fingerprint density at radius 2 is 1.92 bits per heavy atom. The Labute approximate surface area is 142 Å². The molecule has 2 N–H and O–H groups in total. The number of hydrogen-bond donors (Lipinski definition) is 2. The summed E-state index contributed by atoms with van der Waals surface area (Å²) in [5.74, 6) is 1.51. The zero-order valence-electron chi connectivity index (χ0n) is 14.0. The van der Waals surface area contributed by atoms with Crippen LogP contribution in [0.4, 0.5) is 5.95 Å². The Balaban J connectivity index is 1.50. The van der Waals surface area contributed by atoms with Gasteiger partial charge in [-0.25, -0.2) is 9.97 Å². The summed E-state index contributed by atoms with van der Waals surface area (Å²) >= 11 is 0. The molecule has 0 bridgehead atoms. The predicted molar refractivity (Wildman–Crippen MR) is 93.1 cm³/mol. The lowest BCUT2D eigenvalue weighted by Gasteiger charge is -2.16. The summed E-state index contributed by atoms with van der Waals surface area (Å²) in [5.41, 5.74) is 1.79.